The molecule has 0 saturated carbocycles. The van der Waals surface area contributed by atoms with Gasteiger partial charge in [-0.3, -0.25) is 0 Å². The summed E-state index contributed by atoms with van der Waals surface area (Å²) in [6, 6.07) is 0. The van der Waals surface area contributed by atoms with Crippen molar-refractivity contribution in [3.8, 4) is 0 Å². The summed E-state index contributed by atoms with van der Waals surface area (Å²) in [7, 11) is 0. The second-order valence-electron chi connectivity index (χ2n) is 2.66. The van der Waals surface area contributed by atoms with Crippen molar-refractivity contribution in [3.05, 3.63) is 12.2 Å². The van der Waals surface area contributed by atoms with Gasteiger partial charge in [0.25, 0.3) is 0 Å². The molecule has 0 aromatic heterocycles. The van der Waals surface area contributed by atoms with Crippen LogP contribution in [0.2, 0.25) is 0 Å². The fourth-order valence-electron chi connectivity index (χ4n) is 0.567. The minimum absolute atomic E-state index is 0.163. The van der Waals surface area contributed by atoms with Crippen LogP contribution >= 0.6 is 0 Å². The number of hydrogen-bond donors (Lipinski definition) is 2. The third kappa shape index (κ3) is 3.78. The van der Waals surface area contributed by atoms with Crippen molar-refractivity contribution in [1.29, 1.82) is 0 Å². The molecule has 0 amide bonds. The van der Waals surface area contributed by atoms with Crippen LogP contribution in [-0.2, 0) is 4.79 Å². The van der Waals surface area contributed by atoms with Gasteiger partial charge in [0.05, 0.1) is 0 Å². The first-order valence-electron chi connectivity index (χ1n) is 3.61. The average molecular weight is 158 g/mol. The molecule has 11 heavy (non-hydrogen) atoms. The Kier molecular flexibility index (Phi) is 3.82. The maximum atomic E-state index is 10.3. The molecular formula is C8H14O3. The highest BCUT2D eigenvalue weighted by atomic mass is 16.4. The summed E-state index contributed by atoms with van der Waals surface area (Å²) < 4.78 is 0. The number of carboxylic acids is 1. The molecule has 0 aliphatic rings. The van der Waals surface area contributed by atoms with E-state index in [0.717, 1.165) is 6.42 Å². The molecule has 0 saturated heterocycles. The van der Waals surface area contributed by atoms with E-state index in [4.69, 9.17) is 10.2 Å². The van der Waals surface area contributed by atoms with E-state index in [1.54, 1.807) is 6.08 Å². The maximum absolute atomic E-state index is 10.3. The first-order valence-corrected chi connectivity index (χ1v) is 3.61. The molecule has 1 atom stereocenters. The van der Waals surface area contributed by atoms with Gasteiger partial charge in [-0.25, -0.2) is 4.79 Å². The zero-order valence-electron chi connectivity index (χ0n) is 6.87. The smallest absolute Gasteiger partial charge is 0.335 e. The summed E-state index contributed by atoms with van der Waals surface area (Å²) in [4.78, 5) is 10.3. The van der Waals surface area contributed by atoms with Crippen molar-refractivity contribution in [2.75, 3.05) is 0 Å². The van der Waals surface area contributed by atoms with Gasteiger partial charge in [0.1, 0.15) is 0 Å². The Hall–Kier alpha value is -0.830. The highest BCUT2D eigenvalue weighted by molar-refractivity contribution is 5.76. The predicted molar refractivity (Wildman–Crippen MR) is 42.3 cm³/mol. The molecule has 2 N–H and O–H groups in total. The highest BCUT2D eigenvalue weighted by Gasteiger charge is 2.27. The molecule has 0 unspecified atom stereocenters. The Labute approximate surface area is 66.4 Å². The lowest BCUT2D eigenvalue weighted by atomic mass is 10.0. The third-order valence-electron chi connectivity index (χ3n) is 1.38. The topological polar surface area (TPSA) is 57.5 Å². The van der Waals surface area contributed by atoms with E-state index >= 15 is 0 Å². The van der Waals surface area contributed by atoms with Crippen molar-refractivity contribution in [3.63, 3.8) is 0 Å². The van der Waals surface area contributed by atoms with Crippen molar-refractivity contribution in [1.82, 2.24) is 0 Å². The molecule has 0 fully saturated rings. The van der Waals surface area contributed by atoms with E-state index in [-0.39, 0.29) is 6.42 Å². The van der Waals surface area contributed by atoms with Crippen molar-refractivity contribution >= 4 is 5.97 Å². The maximum Gasteiger partial charge on any atom is 0.335 e. The second-order valence-corrected chi connectivity index (χ2v) is 2.66. The molecule has 0 radical (unpaired) electrons. The van der Waals surface area contributed by atoms with Crippen LogP contribution in [0.15, 0.2) is 12.2 Å². The first-order chi connectivity index (χ1) is 5.00. The summed E-state index contributed by atoms with van der Waals surface area (Å²) >= 11 is 0. The molecule has 0 spiro atoms. The van der Waals surface area contributed by atoms with Gasteiger partial charge in [0, 0.05) is 6.42 Å². The van der Waals surface area contributed by atoms with Crippen LogP contribution in [0.5, 0.6) is 0 Å². The normalized spacial score (nSPS) is 16.6. The van der Waals surface area contributed by atoms with Crippen LogP contribution in [0, 0.1) is 0 Å². The molecule has 3 nitrogen and oxygen atoms in total. The minimum Gasteiger partial charge on any atom is -0.479 e. The predicted octanol–water partition coefficient (Wildman–Crippen LogP) is 1.18. The van der Waals surface area contributed by atoms with Crippen molar-refractivity contribution in [2.45, 2.75) is 32.3 Å². The number of allylic oxidation sites excluding steroid dienone is 1. The number of aliphatic carboxylic acids is 1. The van der Waals surface area contributed by atoms with E-state index in [1.165, 1.54) is 6.92 Å². The monoisotopic (exact) mass is 158 g/mol. The van der Waals surface area contributed by atoms with Gasteiger partial charge in [-0.15, -0.1) is 0 Å². The van der Waals surface area contributed by atoms with Gasteiger partial charge < -0.3 is 10.2 Å². The summed E-state index contributed by atoms with van der Waals surface area (Å²) in [6.07, 6.45) is 4.53. The van der Waals surface area contributed by atoms with Gasteiger partial charge in [-0.1, -0.05) is 19.1 Å². The fourth-order valence-corrected chi connectivity index (χ4v) is 0.567. The second kappa shape index (κ2) is 4.13. The summed E-state index contributed by atoms with van der Waals surface area (Å²) in [5.41, 5.74) is -1.62. The van der Waals surface area contributed by atoms with Crippen molar-refractivity contribution < 1.29 is 15.0 Å². The molecule has 0 bridgehead atoms. The van der Waals surface area contributed by atoms with E-state index in [1.807, 2.05) is 13.0 Å². The molecule has 0 aliphatic heterocycles. The van der Waals surface area contributed by atoms with Crippen LogP contribution in [0.1, 0.15) is 26.7 Å². The molecule has 0 aromatic rings. The van der Waals surface area contributed by atoms with E-state index in [9.17, 15) is 4.79 Å². The Bertz CT molecular complexity index is 159. The number of rotatable bonds is 4. The molecule has 0 rings (SSSR count). The van der Waals surface area contributed by atoms with E-state index in [0.29, 0.717) is 0 Å². The fraction of sp³-hybridized carbons (Fsp3) is 0.625. The quantitative estimate of drug-likeness (QED) is 0.604. The Morgan fingerprint density at radius 3 is 2.45 bits per heavy atom. The van der Waals surface area contributed by atoms with Crippen LogP contribution in [0.3, 0.4) is 0 Å². The Morgan fingerprint density at radius 2 is 2.09 bits per heavy atom. The Balaban J connectivity index is 3.92. The molecule has 0 aliphatic carbocycles. The molecule has 64 valence electrons. The van der Waals surface area contributed by atoms with E-state index in [2.05, 4.69) is 0 Å². The standard InChI is InChI=1S/C8H14O3/c1-3-4-5-6-8(2,11)7(9)10/h4-5,11H,3,6H2,1-2H3,(H,9,10)/b5-4-/t8-/m0/s1. The molecule has 0 heterocycles. The number of hydrogen-bond acceptors (Lipinski definition) is 2. The summed E-state index contributed by atoms with van der Waals surface area (Å²) in [5.74, 6) is -1.18. The number of aliphatic hydroxyl groups is 1. The van der Waals surface area contributed by atoms with Crippen LogP contribution in [0.25, 0.3) is 0 Å². The van der Waals surface area contributed by atoms with Gasteiger partial charge in [0.15, 0.2) is 5.60 Å². The largest absolute Gasteiger partial charge is 0.479 e. The minimum atomic E-state index is -1.62. The van der Waals surface area contributed by atoms with Gasteiger partial charge >= 0.3 is 5.97 Å². The summed E-state index contributed by atoms with van der Waals surface area (Å²) in [5, 5.41) is 17.6. The van der Waals surface area contributed by atoms with Gasteiger partial charge in [-0.05, 0) is 13.3 Å². The molecular weight excluding hydrogens is 144 g/mol. The lowest BCUT2D eigenvalue weighted by molar-refractivity contribution is -0.156. The highest BCUT2D eigenvalue weighted by Crippen LogP contribution is 2.09. The van der Waals surface area contributed by atoms with Crippen LogP contribution < -0.4 is 0 Å². The third-order valence-corrected chi connectivity index (χ3v) is 1.38. The molecule has 3 heteroatoms. The van der Waals surface area contributed by atoms with E-state index < -0.39 is 11.6 Å². The first kappa shape index (κ1) is 10.2. The SMILES string of the molecule is CC/C=C\C[C@](C)(O)C(=O)O. The van der Waals surface area contributed by atoms with Crippen LogP contribution in [-0.4, -0.2) is 21.8 Å². The molecule has 0 aromatic carbocycles. The van der Waals surface area contributed by atoms with Gasteiger partial charge in [0.2, 0.25) is 0 Å². The number of carboxylic acid groups (broad SMARTS) is 1. The summed E-state index contributed by atoms with van der Waals surface area (Å²) in [6.45, 7) is 3.24. The lowest BCUT2D eigenvalue weighted by Crippen LogP contribution is -2.33. The van der Waals surface area contributed by atoms with Crippen LogP contribution in [0.4, 0.5) is 0 Å². The van der Waals surface area contributed by atoms with Crippen molar-refractivity contribution in [2.24, 2.45) is 0 Å². The lowest BCUT2D eigenvalue weighted by Gasteiger charge is -2.14. The van der Waals surface area contributed by atoms with Gasteiger partial charge in [-0.2, -0.15) is 0 Å². The Morgan fingerprint density at radius 1 is 1.55 bits per heavy atom. The zero-order valence-corrected chi connectivity index (χ0v) is 6.87. The number of carbonyl (C=O) groups is 1. The average Bonchev–Trinajstić information content (AvgIpc) is 1.88. The zero-order chi connectivity index (χ0) is 8.91.